The van der Waals surface area contributed by atoms with E-state index in [4.69, 9.17) is 4.52 Å². The van der Waals surface area contributed by atoms with Crippen molar-refractivity contribution in [2.45, 2.75) is 26.3 Å². The normalized spacial score (nSPS) is 21.0. The minimum Gasteiger partial charge on any atom is -0.361 e. The van der Waals surface area contributed by atoms with Gasteiger partial charge in [-0.15, -0.1) is 0 Å². The van der Waals surface area contributed by atoms with E-state index in [9.17, 15) is 4.79 Å². The third-order valence-corrected chi connectivity index (χ3v) is 4.39. The van der Waals surface area contributed by atoms with Crippen molar-refractivity contribution in [1.29, 1.82) is 0 Å². The van der Waals surface area contributed by atoms with Crippen LogP contribution >= 0.6 is 0 Å². The Labute approximate surface area is 119 Å². The van der Waals surface area contributed by atoms with Crippen molar-refractivity contribution in [3.8, 4) is 0 Å². The van der Waals surface area contributed by atoms with Crippen LogP contribution in [0.3, 0.4) is 0 Å². The first kappa shape index (κ1) is 13.6. The van der Waals surface area contributed by atoms with Gasteiger partial charge in [0.15, 0.2) is 0 Å². The molecule has 6 heteroatoms. The van der Waals surface area contributed by atoms with Crippen molar-refractivity contribution >= 4 is 5.91 Å². The second-order valence-corrected chi connectivity index (χ2v) is 5.72. The lowest BCUT2D eigenvalue weighted by Crippen LogP contribution is -2.64. The minimum absolute atomic E-state index is 0.186. The van der Waals surface area contributed by atoms with Crippen LogP contribution in [-0.2, 0) is 11.2 Å². The third kappa shape index (κ3) is 2.58. The maximum Gasteiger partial charge on any atom is 0.227 e. The van der Waals surface area contributed by atoms with Crippen LogP contribution < -0.4 is 5.32 Å². The summed E-state index contributed by atoms with van der Waals surface area (Å²) in [5.41, 5.74) is 1.77. The largest absolute Gasteiger partial charge is 0.361 e. The Balaban J connectivity index is 1.51. The van der Waals surface area contributed by atoms with Crippen LogP contribution in [0.4, 0.5) is 0 Å². The molecule has 1 N–H and O–H groups in total. The predicted octanol–water partition coefficient (Wildman–Crippen LogP) is -0.0501. The van der Waals surface area contributed by atoms with Gasteiger partial charge < -0.3 is 14.7 Å². The van der Waals surface area contributed by atoms with Gasteiger partial charge in [-0.25, -0.2) is 0 Å². The molecule has 3 rings (SSSR count). The maximum absolute atomic E-state index is 12.3. The fourth-order valence-corrected chi connectivity index (χ4v) is 2.95. The highest BCUT2D eigenvalue weighted by atomic mass is 16.5. The number of amides is 1. The van der Waals surface area contributed by atoms with Crippen LogP contribution in [0, 0.1) is 13.8 Å². The quantitative estimate of drug-likeness (QED) is 0.840. The molecule has 0 saturated carbocycles. The van der Waals surface area contributed by atoms with Gasteiger partial charge in [-0.05, 0) is 13.8 Å². The molecule has 0 aliphatic carbocycles. The van der Waals surface area contributed by atoms with Crippen LogP contribution in [0.15, 0.2) is 4.52 Å². The topological polar surface area (TPSA) is 61.6 Å². The monoisotopic (exact) mass is 278 g/mol. The van der Waals surface area contributed by atoms with Crippen molar-refractivity contribution < 1.29 is 9.32 Å². The molecular weight excluding hydrogens is 256 g/mol. The second-order valence-electron chi connectivity index (χ2n) is 5.72. The summed E-state index contributed by atoms with van der Waals surface area (Å²) in [7, 11) is 0. The standard InChI is InChI=1S/C14H22N4O2/c1-10-13(11(2)20-16-10)7-14(19)18-8-12(9-18)17-5-3-15-4-6-17/h12,15H,3-9H2,1-2H3. The number of nitrogens with zero attached hydrogens (tertiary/aromatic N) is 3. The zero-order valence-electron chi connectivity index (χ0n) is 12.2. The van der Waals surface area contributed by atoms with Gasteiger partial charge in [0.25, 0.3) is 0 Å². The van der Waals surface area contributed by atoms with Gasteiger partial charge >= 0.3 is 0 Å². The number of piperazine rings is 1. The minimum atomic E-state index is 0.186. The van der Waals surface area contributed by atoms with Crippen molar-refractivity contribution in [3.05, 3.63) is 17.0 Å². The summed E-state index contributed by atoms with van der Waals surface area (Å²) in [6, 6.07) is 0.547. The van der Waals surface area contributed by atoms with Gasteiger partial charge in [-0.1, -0.05) is 5.16 Å². The molecule has 0 atom stereocenters. The Morgan fingerprint density at radius 2 is 2.05 bits per heavy atom. The Morgan fingerprint density at radius 3 is 2.65 bits per heavy atom. The summed E-state index contributed by atoms with van der Waals surface area (Å²) >= 11 is 0. The second kappa shape index (κ2) is 5.54. The molecule has 0 bridgehead atoms. The van der Waals surface area contributed by atoms with E-state index in [1.165, 1.54) is 0 Å². The first-order chi connectivity index (χ1) is 9.65. The number of carbonyl (C=O) groups excluding carboxylic acids is 1. The van der Waals surface area contributed by atoms with Gasteiger partial charge in [-0.2, -0.15) is 0 Å². The molecule has 2 aliphatic rings. The molecule has 0 radical (unpaired) electrons. The zero-order chi connectivity index (χ0) is 14.1. The van der Waals surface area contributed by atoms with Crippen LogP contribution in [0.1, 0.15) is 17.0 Å². The number of hydrogen-bond donors (Lipinski definition) is 1. The molecule has 0 unspecified atom stereocenters. The molecule has 20 heavy (non-hydrogen) atoms. The van der Waals surface area contributed by atoms with E-state index in [-0.39, 0.29) is 5.91 Å². The summed E-state index contributed by atoms with van der Waals surface area (Å²) in [4.78, 5) is 16.7. The highest BCUT2D eigenvalue weighted by Gasteiger charge is 2.35. The molecule has 3 heterocycles. The van der Waals surface area contributed by atoms with E-state index in [0.717, 1.165) is 56.3 Å². The van der Waals surface area contributed by atoms with Crippen LogP contribution in [0.2, 0.25) is 0 Å². The molecule has 110 valence electrons. The first-order valence-electron chi connectivity index (χ1n) is 7.29. The Hall–Kier alpha value is -1.40. The number of aryl methyl sites for hydroxylation is 2. The van der Waals surface area contributed by atoms with Crippen molar-refractivity contribution in [1.82, 2.24) is 20.3 Å². The van der Waals surface area contributed by atoms with E-state index >= 15 is 0 Å². The summed E-state index contributed by atoms with van der Waals surface area (Å²) in [5.74, 6) is 0.945. The van der Waals surface area contributed by atoms with Crippen molar-refractivity contribution in [3.63, 3.8) is 0 Å². The molecule has 1 aromatic rings. The lowest BCUT2D eigenvalue weighted by Gasteiger charge is -2.46. The Kier molecular flexibility index (Phi) is 3.76. The van der Waals surface area contributed by atoms with Crippen molar-refractivity contribution in [2.24, 2.45) is 0 Å². The van der Waals surface area contributed by atoms with Crippen LogP contribution in [-0.4, -0.2) is 66.2 Å². The molecule has 2 aliphatic heterocycles. The summed E-state index contributed by atoms with van der Waals surface area (Å²) < 4.78 is 5.11. The van der Waals surface area contributed by atoms with Gasteiger partial charge in [0, 0.05) is 50.9 Å². The molecule has 0 aromatic carbocycles. The number of nitrogens with one attached hydrogen (secondary N) is 1. The molecule has 2 fully saturated rings. The first-order valence-corrected chi connectivity index (χ1v) is 7.29. The van der Waals surface area contributed by atoms with E-state index in [2.05, 4.69) is 15.4 Å². The highest BCUT2D eigenvalue weighted by molar-refractivity contribution is 5.80. The summed E-state index contributed by atoms with van der Waals surface area (Å²) in [6.07, 6.45) is 0.412. The predicted molar refractivity (Wildman–Crippen MR) is 74.5 cm³/mol. The van der Waals surface area contributed by atoms with E-state index < -0.39 is 0 Å². The van der Waals surface area contributed by atoms with Gasteiger partial charge in [0.2, 0.25) is 5.91 Å². The molecular formula is C14H22N4O2. The SMILES string of the molecule is Cc1noc(C)c1CC(=O)N1CC(N2CCNCC2)C1. The van der Waals surface area contributed by atoms with E-state index in [1.807, 2.05) is 18.7 Å². The number of carbonyl (C=O) groups is 1. The average molecular weight is 278 g/mol. The zero-order valence-corrected chi connectivity index (χ0v) is 12.2. The molecule has 1 aromatic heterocycles. The van der Waals surface area contributed by atoms with E-state index in [1.54, 1.807) is 0 Å². The number of aromatic nitrogens is 1. The smallest absolute Gasteiger partial charge is 0.227 e. The Morgan fingerprint density at radius 1 is 1.35 bits per heavy atom. The fraction of sp³-hybridized carbons (Fsp3) is 0.714. The van der Waals surface area contributed by atoms with Gasteiger partial charge in [-0.3, -0.25) is 9.69 Å². The van der Waals surface area contributed by atoms with Gasteiger partial charge in [0.05, 0.1) is 12.1 Å². The highest BCUT2D eigenvalue weighted by Crippen LogP contribution is 2.19. The number of hydrogen-bond acceptors (Lipinski definition) is 5. The van der Waals surface area contributed by atoms with Crippen LogP contribution in [0.25, 0.3) is 0 Å². The molecule has 2 saturated heterocycles. The molecule has 1 amide bonds. The van der Waals surface area contributed by atoms with Gasteiger partial charge in [0.1, 0.15) is 5.76 Å². The molecule has 0 spiro atoms. The Bertz CT molecular complexity index is 468. The maximum atomic E-state index is 12.3. The summed E-state index contributed by atoms with van der Waals surface area (Å²) in [5, 5.41) is 7.25. The average Bonchev–Trinajstić information content (AvgIpc) is 2.70. The molecule has 6 nitrogen and oxygen atoms in total. The summed E-state index contributed by atoms with van der Waals surface area (Å²) in [6.45, 7) is 9.78. The fourth-order valence-electron chi connectivity index (χ4n) is 2.95. The number of likely N-dealkylation sites (tertiary alicyclic amines) is 1. The lowest BCUT2D eigenvalue weighted by molar-refractivity contribution is -0.138. The van der Waals surface area contributed by atoms with E-state index in [0.29, 0.717) is 12.5 Å². The van der Waals surface area contributed by atoms with Crippen LogP contribution in [0.5, 0.6) is 0 Å². The van der Waals surface area contributed by atoms with Crippen molar-refractivity contribution in [2.75, 3.05) is 39.3 Å². The number of rotatable bonds is 3. The lowest BCUT2D eigenvalue weighted by atomic mass is 10.0. The third-order valence-electron chi connectivity index (χ3n) is 4.39.